The van der Waals surface area contributed by atoms with E-state index in [2.05, 4.69) is 0 Å². The predicted octanol–water partition coefficient (Wildman–Crippen LogP) is 4.00. The quantitative estimate of drug-likeness (QED) is 0.279. The van der Waals surface area contributed by atoms with Gasteiger partial charge in [0.05, 0.1) is 20.3 Å². The van der Waals surface area contributed by atoms with E-state index >= 15 is 0 Å². The number of carbonyl (C=O) groups is 1. The highest BCUT2D eigenvalue weighted by molar-refractivity contribution is 8.10. The van der Waals surface area contributed by atoms with Crippen molar-refractivity contribution in [3.63, 3.8) is 0 Å². The summed E-state index contributed by atoms with van der Waals surface area (Å²) in [7, 11) is -9.71. The molecule has 11 heteroatoms. The van der Waals surface area contributed by atoms with Crippen molar-refractivity contribution in [2.75, 3.05) is 3.71 Å². The van der Waals surface area contributed by atoms with Crippen LogP contribution in [0.2, 0.25) is 0 Å². The average molecular weight is 489 g/mol. The molecule has 172 valence electrons. The summed E-state index contributed by atoms with van der Waals surface area (Å²) < 4.78 is 54.5. The number of anilines is 1. The number of nitrogens with zero attached hydrogens (tertiary/aromatic N) is 2. The van der Waals surface area contributed by atoms with Crippen molar-refractivity contribution in [3.8, 4) is 0 Å². The minimum atomic E-state index is -4.86. The normalized spacial score (nSPS) is 11.7. The molecule has 3 aromatic rings. The SMILES string of the molecule is CC(=O)c1cccc(N(S(=O)(=O)c2ccc(C)cc2)S(=O)(=O)c2ccc(C)cc2)c1[N+](=O)[O-]. The standard InChI is InChI=1S/C22H20N2O7S2/c1-15-7-11-18(12-8-15)32(28,29)24(33(30,31)19-13-9-16(2)10-14-19)21-6-4-5-20(17(3)25)22(21)23(26)27/h4-14H,1-3H3. The van der Waals surface area contributed by atoms with Crippen LogP contribution in [0.1, 0.15) is 28.4 Å². The topological polar surface area (TPSA) is 132 Å². The van der Waals surface area contributed by atoms with Crippen molar-refractivity contribution in [3.05, 3.63) is 93.5 Å². The molecule has 0 saturated heterocycles. The number of hydrogen-bond acceptors (Lipinski definition) is 7. The van der Waals surface area contributed by atoms with Crippen LogP contribution in [-0.4, -0.2) is 27.5 Å². The molecule has 0 aliphatic rings. The van der Waals surface area contributed by atoms with E-state index in [1.807, 2.05) is 0 Å². The van der Waals surface area contributed by atoms with Gasteiger partial charge < -0.3 is 0 Å². The fraction of sp³-hybridized carbons (Fsp3) is 0.136. The fourth-order valence-electron chi connectivity index (χ4n) is 3.15. The van der Waals surface area contributed by atoms with Crippen LogP contribution in [0.25, 0.3) is 0 Å². The Morgan fingerprint density at radius 1 is 0.788 bits per heavy atom. The second-order valence-corrected chi connectivity index (χ2v) is 11.1. The minimum Gasteiger partial charge on any atom is -0.294 e. The molecule has 0 amide bonds. The van der Waals surface area contributed by atoms with Crippen molar-refractivity contribution in [1.82, 2.24) is 0 Å². The summed E-state index contributed by atoms with van der Waals surface area (Å²) in [6.07, 6.45) is 0. The Labute approximate surface area is 191 Å². The number of nitro benzene ring substituents is 1. The summed E-state index contributed by atoms with van der Waals surface area (Å²) in [5.41, 5.74) is -0.635. The number of aryl methyl sites for hydroxylation is 2. The van der Waals surface area contributed by atoms with Crippen LogP contribution in [0.4, 0.5) is 11.4 Å². The number of benzene rings is 3. The van der Waals surface area contributed by atoms with Crippen molar-refractivity contribution < 1.29 is 26.6 Å². The molecule has 0 atom stereocenters. The van der Waals surface area contributed by atoms with Gasteiger partial charge in [0.25, 0.3) is 20.0 Å². The molecule has 0 bridgehead atoms. The molecule has 33 heavy (non-hydrogen) atoms. The predicted molar refractivity (Wildman–Crippen MR) is 122 cm³/mol. The van der Waals surface area contributed by atoms with Crippen molar-refractivity contribution in [2.24, 2.45) is 0 Å². The fourth-order valence-corrected chi connectivity index (χ4v) is 6.86. The number of Topliss-reactive ketones (excluding diaryl/α,β-unsaturated/α-hetero) is 1. The molecule has 0 aliphatic carbocycles. The Morgan fingerprint density at radius 2 is 1.21 bits per heavy atom. The lowest BCUT2D eigenvalue weighted by Crippen LogP contribution is -2.37. The second-order valence-electron chi connectivity index (χ2n) is 7.32. The van der Waals surface area contributed by atoms with Gasteiger partial charge in [0.1, 0.15) is 5.69 Å². The van der Waals surface area contributed by atoms with Gasteiger partial charge in [-0.3, -0.25) is 14.9 Å². The first-order valence-corrected chi connectivity index (χ1v) is 12.5. The third-order valence-electron chi connectivity index (χ3n) is 4.85. The zero-order chi connectivity index (χ0) is 24.6. The van der Waals surface area contributed by atoms with Crippen LogP contribution >= 0.6 is 0 Å². The molecule has 3 rings (SSSR count). The molecule has 0 aliphatic heterocycles. The van der Waals surface area contributed by atoms with Gasteiger partial charge >= 0.3 is 5.69 Å². The number of nitro groups is 1. The molecule has 0 radical (unpaired) electrons. The van der Waals surface area contributed by atoms with E-state index in [9.17, 15) is 31.7 Å². The first-order valence-electron chi connectivity index (χ1n) is 9.59. The zero-order valence-corrected chi connectivity index (χ0v) is 19.6. The van der Waals surface area contributed by atoms with Gasteiger partial charge in [0.2, 0.25) is 0 Å². The van der Waals surface area contributed by atoms with Crippen LogP contribution in [0, 0.1) is 24.0 Å². The molecule has 0 spiro atoms. The number of para-hydroxylation sites is 1. The molecule has 0 fully saturated rings. The lowest BCUT2D eigenvalue weighted by molar-refractivity contribution is -0.384. The number of carbonyl (C=O) groups excluding carboxylic acids is 1. The Balaban J connectivity index is 2.43. The van der Waals surface area contributed by atoms with Gasteiger partial charge in [-0.1, -0.05) is 41.5 Å². The van der Waals surface area contributed by atoms with E-state index in [1.165, 1.54) is 54.6 Å². The van der Waals surface area contributed by atoms with Crippen LogP contribution in [-0.2, 0) is 20.0 Å². The minimum absolute atomic E-state index is 0.0277. The molecule has 9 nitrogen and oxygen atoms in total. The van der Waals surface area contributed by atoms with E-state index in [0.29, 0.717) is 0 Å². The first-order chi connectivity index (χ1) is 15.4. The molecule has 0 N–H and O–H groups in total. The third-order valence-corrected chi connectivity index (χ3v) is 9.03. The summed E-state index contributed by atoms with van der Waals surface area (Å²) in [6, 6.07) is 14.1. The largest absolute Gasteiger partial charge is 0.305 e. The van der Waals surface area contributed by atoms with E-state index in [-0.39, 0.29) is 13.5 Å². The Morgan fingerprint density at radius 3 is 1.58 bits per heavy atom. The number of hydrogen-bond donors (Lipinski definition) is 0. The molecule has 0 saturated carbocycles. The van der Waals surface area contributed by atoms with Gasteiger partial charge in [0, 0.05) is 0 Å². The third kappa shape index (κ3) is 4.50. The van der Waals surface area contributed by atoms with Crippen LogP contribution in [0.15, 0.2) is 76.5 Å². The summed E-state index contributed by atoms with van der Waals surface area (Å²) in [4.78, 5) is 22.2. The molecular weight excluding hydrogens is 468 g/mol. The molecule has 0 heterocycles. The van der Waals surface area contributed by atoms with Crippen molar-refractivity contribution in [2.45, 2.75) is 30.6 Å². The average Bonchev–Trinajstić information content (AvgIpc) is 2.73. The highest BCUT2D eigenvalue weighted by atomic mass is 32.3. The Bertz CT molecular complexity index is 1370. The van der Waals surface area contributed by atoms with E-state index in [4.69, 9.17) is 0 Å². The number of sulfonamides is 2. The van der Waals surface area contributed by atoms with E-state index in [1.54, 1.807) is 13.8 Å². The van der Waals surface area contributed by atoms with Gasteiger partial charge in [-0.05, 0) is 57.2 Å². The summed E-state index contributed by atoms with van der Waals surface area (Å²) in [5.74, 6) is -0.719. The van der Waals surface area contributed by atoms with Crippen LogP contribution in [0.3, 0.4) is 0 Å². The van der Waals surface area contributed by atoms with Gasteiger partial charge in [-0.15, -0.1) is 3.71 Å². The van der Waals surface area contributed by atoms with Crippen LogP contribution in [0.5, 0.6) is 0 Å². The highest BCUT2D eigenvalue weighted by Crippen LogP contribution is 2.39. The second kappa shape index (κ2) is 8.75. The number of ketones is 1. The number of rotatable bonds is 7. The first kappa shape index (κ1) is 24.1. The summed E-state index contributed by atoms with van der Waals surface area (Å²) in [6.45, 7) is 4.51. The van der Waals surface area contributed by atoms with Gasteiger partial charge in [0.15, 0.2) is 5.78 Å². The molecule has 3 aromatic carbocycles. The Hall–Kier alpha value is -3.57. The molecule has 0 aromatic heterocycles. The van der Waals surface area contributed by atoms with E-state index in [0.717, 1.165) is 30.2 Å². The van der Waals surface area contributed by atoms with Crippen LogP contribution < -0.4 is 3.71 Å². The molecule has 0 unspecified atom stereocenters. The smallest absolute Gasteiger partial charge is 0.294 e. The van der Waals surface area contributed by atoms with Crippen molar-refractivity contribution >= 4 is 37.2 Å². The Kier molecular flexibility index (Phi) is 6.39. The van der Waals surface area contributed by atoms with E-state index < -0.39 is 47.7 Å². The lowest BCUT2D eigenvalue weighted by Gasteiger charge is -2.24. The summed E-state index contributed by atoms with van der Waals surface area (Å²) >= 11 is 0. The zero-order valence-electron chi connectivity index (χ0n) is 17.9. The summed E-state index contributed by atoms with van der Waals surface area (Å²) in [5, 5.41) is 11.9. The maximum atomic E-state index is 13.6. The monoisotopic (exact) mass is 488 g/mol. The van der Waals surface area contributed by atoms with Gasteiger partial charge in [-0.25, -0.2) is 16.8 Å². The highest BCUT2D eigenvalue weighted by Gasteiger charge is 2.41. The van der Waals surface area contributed by atoms with Gasteiger partial charge in [-0.2, -0.15) is 0 Å². The lowest BCUT2D eigenvalue weighted by atomic mass is 10.1. The maximum absolute atomic E-state index is 13.6. The molecular formula is C22H20N2O7S2. The van der Waals surface area contributed by atoms with Crippen molar-refractivity contribution in [1.29, 1.82) is 0 Å². The maximum Gasteiger partial charge on any atom is 0.305 e.